The molecular weight excluding hydrogens is 206 g/mol. The minimum absolute atomic E-state index is 0.000772. The van der Waals surface area contributed by atoms with Gasteiger partial charge < -0.3 is 9.84 Å². The van der Waals surface area contributed by atoms with Gasteiger partial charge in [-0.3, -0.25) is 0 Å². The van der Waals surface area contributed by atoms with Crippen molar-refractivity contribution in [2.45, 2.75) is 4.90 Å². The van der Waals surface area contributed by atoms with Gasteiger partial charge >= 0.3 is 11.9 Å². The Labute approximate surface area is 85.1 Å². The van der Waals surface area contributed by atoms with Crippen LogP contribution in [0.4, 0.5) is 0 Å². The van der Waals surface area contributed by atoms with Crippen LogP contribution in [0.2, 0.25) is 0 Å². The number of aromatic nitrogens is 1. The summed E-state index contributed by atoms with van der Waals surface area (Å²) in [4.78, 5) is 25.4. The molecule has 14 heavy (non-hydrogen) atoms. The molecule has 1 heterocycles. The Morgan fingerprint density at radius 1 is 1.57 bits per heavy atom. The van der Waals surface area contributed by atoms with Crippen LogP contribution in [0.25, 0.3) is 0 Å². The zero-order valence-corrected chi connectivity index (χ0v) is 8.12. The third-order valence-corrected chi connectivity index (χ3v) is 1.83. The van der Waals surface area contributed by atoms with E-state index in [0.29, 0.717) is 0 Å². The van der Waals surface area contributed by atoms with Gasteiger partial charge in [0, 0.05) is 11.1 Å². The standard InChI is InChI=1S/C8H7NO4S/c1-13-8(12)6-5(14)2-4(3-9-6)7(10)11/h2-3,14H,1H3,(H,10,11). The number of ether oxygens (including phenoxy) is 1. The summed E-state index contributed by atoms with van der Waals surface area (Å²) in [6, 6.07) is 1.24. The fourth-order valence-corrected chi connectivity index (χ4v) is 1.11. The van der Waals surface area contributed by atoms with E-state index >= 15 is 0 Å². The van der Waals surface area contributed by atoms with Crippen LogP contribution in [-0.2, 0) is 4.74 Å². The number of rotatable bonds is 2. The van der Waals surface area contributed by atoms with Crippen molar-refractivity contribution in [1.29, 1.82) is 0 Å². The summed E-state index contributed by atoms with van der Waals surface area (Å²) in [5, 5.41) is 8.61. The first-order valence-electron chi connectivity index (χ1n) is 3.57. The predicted molar refractivity (Wildman–Crippen MR) is 49.8 cm³/mol. The molecule has 0 saturated carbocycles. The molecule has 0 bridgehead atoms. The Balaban J connectivity index is 3.14. The van der Waals surface area contributed by atoms with E-state index in [1.54, 1.807) is 0 Å². The molecule has 0 unspecified atom stereocenters. The first-order valence-corrected chi connectivity index (χ1v) is 4.01. The molecule has 1 aromatic heterocycles. The van der Waals surface area contributed by atoms with Gasteiger partial charge in [0.1, 0.15) is 0 Å². The second-order valence-corrected chi connectivity index (χ2v) is 2.87. The third-order valence-electron chi connectivity index (χ3n) is 1.49. The first kappa shape index (κ1) is 10.5. The average Bonchev–Trinajstić information content (AvgIpc) is 2.16. The van der Waals surface area contributed by atoms with Gasteiger partial charge in [0.25, 0.3) is 0 Å². The van der Waals surface area contributed by atoms with Crippen molar-refractivity contribution in [2.24, 2.45) is 0 Å². The topological polar surface area (TPSA) is 76.5 Å². The van der Waals surface area contributed by atoms with E-state index in [1.807, 2.05) is 0 Å². The lowest BCUT2D eigenvalue weighted by atomic mass is 10.2. The summed E-state index contributed by atoms with van der Waals surface area (Å²) in [6.07, 6.45) is 1.08. The average molecular weight is 213 g/mol. The zero-order chi connectivity index (χ0) is 10.7. The number of carboxylic acid groups (broad SMARTS) is 1. The number of carbonyl (C=O) groups excluding carboxylic acids is 1. The highest BCUT2D eigenvalue weighted by molar-refractivity contribution is 7.80. The molecule has 0 aliphatic heterocycles. The van der Waals surface area contributed by atoms with E-state index < -0.39 is 11.9 Å². The van der Waals surface area contributed by atoms with Crippen molar-refractivity contribution in [1.82, 2.24) is 4.98 Å². The van der Waals surface area contributed by atoms with Gasteiger partial charge in [-0.2, -0.15) is 0 Å². The normalized spacial score (nSPS) is 9.57. The summed E-state index contributed by atoms with van der Waals surface area (Å²) in [6.45, 7) is 0. The fraction of sp³-hybridized carbons (Fsp3) is 0.125. The summed E-state index contributed by atoms with van der Waals surface area (Å²) in [7, 11) is 1.21. The quantitative estimate of drug-likeness (QED) is 0.562. The Morgan fingerprint density at radius 3 is 2.64 bits per heavy atom. The van der Waals surface area contributed by atoms with Gasteiger partial charge in [0.05, 0.1) is 12.7 Å². The largest absolute Gasteiger partial charge is 0.478 e. The molecule has 0 fully saturated rings. The van der Waals surface area contributed by atoms with Crippen molar-refractivity contribution in [3.63, 3.8) is 0 Å². The van der Waals surface area contributed by atoms with E-state index in [1.165, 1.54) is 13.2 Å². The number of pyridine rings is 1. The molecular formula is C8H7NO4S. The van der Waals surface area contributed by atoms with Crippen molar-refractivity contribution in [3.8, 4) is 0 Å². The lowest BCUT2D eigenvalue weighted by Gasteiger charge is -2.02. The smallest absolute Gasteiger partial charge is 0.357 e. The van der Waals surface area contributed by atoms with Crippen LogP contribution in [0.15, 0.2) is 17.2 Å². The van der Waals surface area contributed by atoms with Gasteiger partial charge in [-0.1, -0.05) is 0 Å². The van der Waals surface area contributed by atoms with Crippen molar-refractivity contribution < 1.29 is 19.4 Å². The van der Waals surface area contributed by atoms with Crippen molar-refractivity contribution in [3.05, 3.63) is 23.5 Å². The number of hydrogen-bond donors (Lipinski definition) is 2. The molecule has 74 valence electrons. The van der Waals surface area contributed by atoms with Crippen molar-refractivity contribution in [2.75, 3.05) is 7.11 Å². The lowest BCUT2D eigenvalue weighted by Crippen LogP contribution is -2.07. The number of methoxy groups -OCH3 is 1. The van der Waals surface area contributed by atoms with Gasteiger partial charge in [0.15, 0.2) is 5.69 Å². The maximum atomic E-state index is 11.0. The van der Waals surface area contributed by atoms with Crippen LogP contribution in [0.1, 0.15) is 20.8 Å². The van der Waals surface area contributed by atoms with E-state index in [0.717, 1.165) is 6.20 Å². The minimum atomic E-state index is -1.12. The summed E-state index contributed by atoms with van der Waals surface area (Å²) in [5.74, 6) is -1.77. The fourth-order valence-electron chi connectivity index (χ4n) is 0.824. The van der Waals surface area contributed by atoms with E-state index in [-0.39, 0.29) is 16.2 Å². The van der Waals surface area contributed by atoms with Gasteiger partial charge in [-0.05, 0) is 6.07 Å². The maximum Gasteiger partial charge on any atom is 0.357 e. The molecule has 6 heteroatoms. The van der Waals surface area contributed by atoms with E-state index in [2.05, 4.69) is 22.3 Å². The van der Waals surface area contributed by atoms with Crippen LogP contribution in [-0.4, -0.2) is 29.1 Å². The minimum Gasteiger partial charge on any atom is -0.478 e. The first-order chi connectivity index (χ1) is 6.56. The highest BCUT2D eigenvalue weighted by Gasteiger charge is 2.13. The highest BCUT2D eigenvalue weighted by Crippen LogP contribution is 2.14. The van der Waals surface area contributed by atoms with Crippen LogP contribution < -0.4 is 0 Å². The third kappa shape index (κ3) is 2.02. The summed E-state index contributed by atoms with van der Waals surface area (Å²) >= 11 is 3.93. The molecule has 5 nitrogen and oxygen atoms in total. The Morgan fingerprint density at radius 2 is 2.21 bits per heavy atom. The molecule has 1 N–H and O–H groups in total. The monoisotopic (exact) mass is 213 g/mol. The number of thiol groups is 1. The number of esters is 1. The van der Waals surface area contributed by atoms with Gasteiger partial charge in [-0.25, -0.2) is 14.6 Å². The highest BCUT2D eigenvalue weighted by atomic mass is 32.1. The van der Waals surface area contributed by atoms with Gasteiger partial charge in [0.2, 0.25) is 0 Å². The summed E-state index contributed by atoms with van der Waals surface area (Å²) in [5.41, 5.74) is -0.0245. The second kappa shape index (κ2) is 4.10. The van der Waals surface area contributed by atoms with E-state index in [9.17, 15) is 9.59 Å². The van der Waals surface area contributed by atoms with Gasteiger partial charge in [-0.15, -0.1) is 12.6 Å². The molecule has 0 saturated heterocycles. The molecule has 0 radical (unpaired) electrons. The molecule has 0 aliphatic carbocycles. The molecule has 0 aliphatic rings. The number of nitrogens with zero attached hydrogens (tertiary/aromatic N) is 1. The number of aromatic carboxylic acids is 1. The molecule has 0 spiro atoms. The Bertz CT molecular complexity index is 391. The molecule has 0 aromatic carbocycles. The van der Waals surface area contributed by atoms with Crippen LogP contribution in [0, 0.1) is 0 Å². The number of hydrogen-bond acceptors (Lipinski definition) is 5. The Kier molecular flexibility index (Phi) is 3.08. The van der Waals surface area contributed by atoms with Crippen LogP contribution in [0.5, 0.6) is 0 Å². The Hall–Kier alpha value is -1.56. The van der Waals surface area contributed by atoms with Crippen LogP contribution in [0.3, 0.4) is 0 Å². The number of carboxylic acids is 1. The second-order valence-electron chi connectivity index (χ2n) is 2.39. The lowest BCUT2D eigenvalue weighted by molar-refractivity contribution is 0.0587. The molecule has 0 amide bonds. The van der Waals surface area contributed by atoms with Crippen molar-refractivity contribution >= 4 is 24.6 Å². The molecule has 0 atom stereocenters. The van der Waals surface area contributed by atoms with E-state index in [4.69, 9.17) is 5.11 Å². The van der Waals surface area contributed by atoms with Crippen LogP contribution >= 0.6 is 12.6 Å². The predicted octanol–water partition coefficient (Wildman–Crippen LogP) is 0.855. The summed E-state index contributed by atoms with van der Waals surface area (Å²) < 4.78 is 4.42. The maximum absolute atomic E-state index is 11.0. The SMILES string of the molecule is COC(=O)c1ncc(C(=O)O)cc1S. The molecule has 1 aromatic rings. The molecule has 1 rings (SSSR count). The number of carbonyl (C=O) groups is 2. The zero-order valence-electron chi connectivity index (χ0n) is 7.22.